The molecule has 1 amide bonds. The maximum absolute atomic E-state index is 12.2. The number of aryl methyl sites for hydroxylation is 1. The number of rotatable bonds is 3. The molecule has 1 aromatic rings. The molecule has 3 heteroatoms. The zero-order valence-corrected chi connectivity index (χ0v) is 10.6. The number of amides is 1. The molecule has 1 aliphatic heterocycles. The van der Waals surface area contributed by atoms with E-state index in [0.29, 0.717) is 12.6 Å². The van der Waals surface area contributed by atoms with Crippen molar-refractivity contribution >= 4 is 11.6 Å². The summed E-state index contributed by atoms with van der Waals surface area (Å²) in [5, 5.41) is 3.11. The fourth-order valence-corrected chi connectivity index (χ4v) is 2.39. The number of hydrogen-bond acceptors (Lipinski definition) is 2. The van der Waals surface area contributed by atoms with E-state index in [4.69, 9.17) is 0 Å². The van der Waals surface area contributed by atoms with E-state index in [1.807, 2.05) is 24.0 Å². The molecule has 1 atom stereocenters. The smallest absolute Gasteiger partial charge is 0.241 e. The molecule has 0 radical (unpaired) electrons. The van der Waals surface area contributed by atoms with Crippen molar-refractivity contribution in [3.63, 3.8) is 0 Å². The number of para-hydroxylation sites is 1. The van der Waals surface area contributed by atoms with Crippen LogP contribution in [0.4, 0.5) is 5.69 Å². The van der Waals surface area contributed by atoms with Crippen LogP contribution in [0.2, 0.25) is 0 Å². The van der Waals surface area contributed by atoms with Crippen LogP contribution >= 0.6 is 0 Å². The van der Waals surface area contributed by atoms with Crippen molar-refractivity contribution in [1.29, 1.82) is 0 Å². The molecule has 3 nitrogen and oxygen atoms in total. The Hall–Kier alpha value is -1.35. The number of nitrogens with one attached hydrogen (secondary N) is 1. The number of likely N-dealkylation sites (N-methyl/N-ethyl adjacent to an activating group) is 1. The molecule has 1 heterocycles. The molecular weight excluding hydrogens is 212 g/mol. The molecule has 1 aromatic carbocycles. The van der Waals surface area contributed by atoms with Gasteiger partial charge in [0.2, 0.25) is 5.91 Å². The summed E-state index contributed by atoms with van der Waals surface area (Å²) in [4.78, 5) is 14.1. The molecule has 2 rings (SSSR count). The van der Waals surface area contributed by atoms with Gasteiger partial charge in [-0.25, -0.2) is 0 Å². The Morgan fingerprint density at radius 2 is 2.24 bits per heavy atom. The van der Waals surface area contributed by atoms with Crippen LogP contribution in [-0.4, -0.2) is 25.0 Å². The standard InChI is InChI=1S/C14H20N2O/c1-3-15-10-14(17)16-11(2)8-9-12-6-4-5-7-13(12)16/h4-7,11,15H,3,8-10H2,1-2H3. The number of benzene rings is 1. The van der Waals surface area contributed by atoms with Gasteiger partial charge in [0.05, 0.1) is 6.54 Å². The predicted molar refractivity (Wildman–Crippen MR) is 70.3 cm³/mol. The molecule has 0 fully saturated rings. The molecule has 1 aliphatic rings. The minimum Gasteiger partial charge on any atom is -0.309 e. The Balaban J connectivity index is 2.23. The highest BCUT2D eigenvalue weighted by molar-refractivity contribution is 5.96. The minimum absolute atomic E-state index is 0.173. The van der Waals surface area contributed by atoms with Gasteiger partial charge in [-0.2, -0.15) is 0 Å². The van der Waals surface area contributed by atoms with Crippen LogP contribution in [0.3, 0.4) is 0 Å². The third kappa shape index (κ3) is 2.50. The van der Waals surface area contributed by atoms with Crippen LogP contribution in [0.5, 0.6) is 0 Å². The second kappa shape index (κ2) is 5.32. The maximum atomic E-state index is 12.2. The van der Waals surface area contributed by atoms with Gasteiger partial charge < -0.3 is 10.2 Å². The maximum Gasteiger partial charge on any atom is 0.241 e. The van der Waals surface area contributed by atoms with E-state index in [1.54, 1.807) is 0 Å². The summed E-state index contributed by atoms with van der Waals surface area (Å²) in [6, 6.07) is 8.52. The van der Waals surface area contributed by atoms with E-state index < -0.39 is 0 Å². The zero-order chi connectivity index (χ0) is 12.3. The number of fused-ring (bicyclic) bond motifs is 1. The first-order chi connectivity index (χ1) is 8.24. The molecule has 1 N–H and O–H groups in total. The summed E-state index contributed by atoms with van der Waals surface area (Å²) in [5.41, 5.74) is 2.38. The van der Waals surface area contributed by atoms with Crippen LogP contribution in [0.1, 0.15) is 25.8 Å². The molecule has 17 heavy (non-hydrogen) atoms. The lowest BCUT2D eigenvalue weighted by Crippen LogP contribution is -2.46. The Morgan fingerprint density at radius 1 is 1.47 bits per heavy atom. The zero-order valence-electron chi connectivity index (χ0n) is 10.6. The third-order valence-corrected chi connectivity index (χ3v) is 3.32. The SMILES string of the molecule is CCNCC(=O)N1c2ccccc2CCC1C. The monoisotopic (exact) mass is 232 g/mol. The molecule has 0 aromatic heterocycles. The van der Waals surface area contributed by atoms with Crippen molar-refractivity contribution in [2.24, 2.45) is 0 Å². The van der Waals surface area contributed by atoms with Gasteiger partial charge in [0.25, 0.3) is 0 Å². The van der Waals surface area contributed by atoms with Gasteiger partial charge in [-0.1, -0.05) is 25.1 Å². The van der Waals surface area contributed by atoms with Crippen molar-refractivity contribution in [3.05, 3.63) is 29.8 Å². The van der Waals surface area contributed by atoms with E-state index in [2.05, 4.69) is 24.4 Å². The Kier molecular flexibility index (Phi) is 3.79. The summed E-state index contributed by atoms with van der Waals surface area (Å²) < 4.78 is 0. The first kappa shape index (κ1) is 12.1. The lowest BCUT2D eigenvalue weighted by atomic mass is 9.96. The van der Waals surface area contributed by atoms with E-state index in [9.17, 15) is 4.79 Å². The molecule has 1 unspecified atom stereocenters. The van der Waals surface area contributed by atoms with E-state index in [0.717, 1.165) is 25.1 Å². The number of anilines is 1. The molecule has 0 bridgehead atoms. The predicted octanol–water partition coefficient (Wildman–Crippen LogP) is 1.96. The second-order valence-electron chi connectivity index (χ2n) is 4.56. The lowest BCUT2D eigenvalue weighted by Gasteiger charge is -2.35. The summed E-state index contributed by atoms with van der Waals surface area (Å²) >= 11 is 0. The van der Waals surface area contributed by atoms with Gasteiger partial charge >= 0.3 is 0 Å². The summed E-state index contributed by atoms with van der Waals surface area (Å²) in [6.45, 7) is 5.39. The fraction of sp³-hybridized carbons (Fsp3) is 0.500. The second-order valence-corrected chi connectivity index (χ2v) is 4.56. The van der Waals surface area contributed by atoms with E-state index in [-0.39, 0.29) is 5.91 Å². The molecular formula is C14H20N2O. The Morgan fingerprint density at radius 3 is 3.00 bits per heavy atom. The highest BCUT2D eigenvalue weighted by atomic mass is 16.2. The van der Waals surface area contributed by atoms with Crippen LogP contribution in [0, 0.1) is 0 Å². The van der Waals surface area contributed by atoms with Crippen LogP contribution < -0.4 is 10.2 Å². The van der Waals surface area contributed by atoms with Crippen molar-refractivity contribution in [2.45, 2.75) is 32.7 Å². The lowest BCUT2D eigenvalue weighted by molar-refractivity contribution is -0.118. The number of carbonyl (C=O) groups is 1. The molecule has 0 saturated heterocycles. The fourth-order valence-electron chi connectivity index (χ4n) is 2.39. The Labute approximate surface area is 103 Å². The van der Waals surface area contributed by atoms with Crippen LogP contribution in [0.25, 0.3) is 0 Å². The van der Waals surface area contributed by atoms with Crippen LogP contribution in [0.15, 0.2) is 24.3 Å². The molecule has 0 saturated carbocycles. The number of hydrogen-bond donors (Lipinski definition) is 1. The third-order valence-electron chi connectivity index (χ3n) is 3.32. The van der Waals surface area contributed by atoms with Gasteiger partial charge in [-0.15, -0.1) is 0 Å². The average Bonchev–Trinajstić information content (AvgIpc) is 2.35. The number of nitrogens with zero attached hydrogens (tertiary/aromatic N) is 1. The highest BCUT2D eigenvalue weighted by Crippen LogP contribution is 2.30. The van der Waals surface area contributed by atoms with Crippen LogP contribution in [-0.2, 0) is 11.2 Å². The van der Waals surface area contributed by atoms with E-state index >= 15 is 0 Å². The highest BCUT2D eigenvalue weighted by Gasteiger charge is 2.27. The minimum atomic E-state index is 0.173. The van der Waals surface area contributed by atoms with Crippen molar-refractivity contribution in [1.82, 2.24) is 5.32 Å². The first-order valence-corrected chi connectivity index (χ1v) is 6.34. The first-order valence-electron chi connectivity index (χ1n) is 6.34. The number of carbonyl (C=O) groups excluding carboxylic acids is 1. The topological polar surface area (TPSA) is 32.3 Å². The molecule has 0 spiro atoms. The summed E-state index contributed by atoms with van der Waals surface area (Å²) in [6.07, 6.45) is 2.12. The largest absolute Gasteiger partial charge is 0.309 e. The van der Waals surface area contributed by atoms with Crippen molar-refractivity contribution in [2.75, 3.05) is 18.0 Å². The average molecular weight is 232 g/mol. The summed E-state index contributed by atoms with van der Waals surface area (Å²) in [5.74, 6) is 0.173. The Bertz CT molecular complexity index is 403. The molecule has 0 aliphatic carbocycles. The van der Waals surface area contributed by atoms with Gasteiger partial charge in [-0.3, -0.25) is 4.79 Å². The van der Waals surface area contributed by atoms with Crippen molar-refractivity contribution < 1.29 is 4.79 Å². The quantitative estimate of drug-likeness (QED) is 0.864. The van der Waals surface area contributed by atoms with Gasteiger partial charge in [-0.05, 0) is 37.9 Å². The van der Waals surface area contributed by atoms with Gasteiger partial charge in [0, 0.05) is 11.7 Å². The van der Waals surface area contributed by atoms with Gasteiger partial charge in [0.1, 0.15) is 0 Å². The van der Waals surface area contributed by atoms with Gasteiger partial charge in [0.15, 0.2) is 0 Å². The summed E-state index contributed by atoms with van der Waals surface area (Å²) in [7, 11) is 0. The normalized spacial score (nSPS) is 18.9. The van der Waals surface area contributed by atoms with E-state index in [1.165, 1.54) is 5.56 Å². The van der Waals surface area contributed by atoms with Crippen molar-refractivity contribution in [3.8, 4) is 0 Å². The molecule has 92 valence electrons.